The molecule has 0 aromatic carbocycles. The third kappa shape index (κ3) is 2.95. The highest BCUT2D eigenvalue weighted by atomic mass is 33.1. The van der Waals surface area contributed by atoms with Crippen molar-refractivity contribution in [2.75, 3.05) is 12.9 Å². The summed E-state index contributed by atoms with van der Waals surface area (Å²) in [4.78, 5) is 11.1. The molecule has 0 aromatic heterocycles. The minimum absolute atomic E-state index is 0.0654. The summed E-state index contributed by atoms with van der Waals surface area (Å²) in [5.41, 5.74) is 0. The first-order valence-electron chi connectivity index (χ1n) is 3.70. The first kappa shape index (κ1) is 9.26. The van der Waals surface area contributed by atoms with E-state index >= 15 is 0 Å². The van der Waals surface area contributed by atoms with Crippen molar-refractivity contribution in [2.24, 2.45) is 0 Å². The van der Waals surface area contributed by atoms with Gasteiger partial charge in [-0.3, -0.25) is 4.79 Å². The molecule has 0 aliphatic carbocycles. The van der Waals surface area contributed by atoms with Gasteiger partial charge in [-0.1, -0.05) is 28.0 Å². The summed E-state index contributed by atoms with van der Waals surface area (Å²) in [6, 6.07) is 0. The third-order valence-corrected chi connectivity index (χ3v) is 4.45. The molecule has 1 aliphatic rings. The van der Waals surface area contributed by atoms with Crippen LogP contribution in [0, 0.1) is 0 Å². The van der Waals surface area contributed by atoms with Gasteiger partial charge >= 0.3 is 5.97 Å². The van der Waals surface area contributed by atoms with E-state index in [0.29, 0.717) is 0 Å². The summed E-state index contributed by atoms with van der Waals surface area (Å²) in [5, 5.41) is 0.0764. The van der Waals surface area contributed by atoms with Crippen molar-refractivity contribution in [3.8, 4) is 0 Å². The first-order valence-corrected chi connectivity index (χ1v) is 6.09. The fraction of sp³-hybridized carbons (Fsp3) is 0.857. The van der Waals surface area contributed by atoms with Crippen LogP contribution in [0.1, 0.15) is 19.3 Å². The van der Waals surface area contributed by atoms with E-state index in [9.17, 15) is 4.79 Å². The van der Waals surface area contributed by atoms with E-state index in [1.54, 1.807) is 21.6 Å². The van der Waals surface area contributed by atoms with E-state index in [1.807, 2.05) is 0 Å². The normalized spacial score (nSPS) is 25.7. The van der Waals surface area contributed by atoms with Crippen LogP contribution in [0.5, 0.6) is 0 Å². The molecule has 4 heteroatoms. The molecule has 0 saturated carbocycles. The second-order valence-corrected chi connectivity index (χ2v) is 5.12. The Morgan fingerprint density at radius 1 is 1.55 bits per heavy atom. The minimum Gasteiger partial charge on any atom is -0.468 e. The second-order valence-electron chi connectivity index (χ2n) is 2.43. The molecule has 64 valence electrons. The lowest BCUT2D eigenvalue weighted by Crippen LogP contribution is -2.16. The van der Waals surface area contributed by atoms with Crippen LogP contribution in [0.25, 0.3) is 0 Å². The Balaban J connectivity index is 2.36. The number of methoxy groups -OCH3 is 1. The number of carbonyl (C=O) groups is 1. The Hall–Kier alpha value is 0.170. The van der Waals surface area contributed by atoms with Crippen LogP contribution in [-0.2, 0) is 9.53 Å². The molecule has 0 amide bonds. The van der Waals surface area contributed by atoms with Gasteiger partial charge in [0.1, 0.15) is 5.25 Å². The molecular weight excluding hydrogens is 180 g/mol. The number of carbonyl (C=O) groups excluding carboxylic acids is 1. The highest BCUT2D eigenvalue weighted by Gasteiger charge is 2.21. The lowest BCUT2D eigenvalue weighted by Gasteiger charge is -2.08. The minimum atomic E-state index is -0.0654. The van der Waals surface area contributed by atoms with E-state index in [4.69, 9.17) is 0 Å². The van der Waals surface area contributed by atoms with Crippen molar-refractivity contribution in [1.82, 2.24) is 0 Å². The summed E-state index contributed by atoms with van der Waals surface area (Å²) >= 11 is 0. The number of esters is 1. The first-order chi connectivity index (χ1) is 5.34. The molecule has 0 radical (unpaired) electrons. The average Bonchev–Trinajstić information content (AvgIpc) is 2.30. The Labute approximate surface area is 74.8 Å². The standard InChI is InChI=1S/C7H12O2S2/c1-9-7(8)6-4-2-3-5-10-11-6/h6H,2-5H2,1H3. The molecule has 0 spiro atoms. The molecule has 1 heterocycles. The van der Waals surface area contributed by atoms with Crippen molar-refractivity contribution in [3.63, 3.8) is 0 Å². The molecule has 1 aliphatic heterocycles. The molecule has 0 bridgehead atoms. The molecule has 1 fully saturated rings. The van der Waals surface area contributed by atoms with Crippen molar-refractivity contribution in [2.45, 2.75) is 24.5 Å². The summed E-state index contributed by atoms with van der Waals surface area (Å²) in [6.45, 7) is 0. The second kappa shape index (κ2) is 4.93. The lowest BCUT2D eigenvalue weighted by atomic mass is 10.2. The zero-order chi connectivity index (χ0) is 8.10. The average molecular weight is 192 g/mol. The molecule has 1 unspecified atom stereocenters. The molecular formula is C7H12O2S2. The highest BCUT2D eigenvalue weighted by molar-refractivity contribution is 8.77. The topological polar surface area (TPSA) is 26.3 Å². The van der Waals surface area contributed by atoms with Gasteiger partial charge in [0.25, 0.3) is 0 Å². The molecule has 0 aromatic rings. The lowest BCUT2D eigenvalue weighted by molar-refractivity contribution is -0.140. The predicted molar refractivity (Wildman–Crippen MR) is 49.7 cm³/mol. The Kier molecular flexibility index (Phi) is 4.15. The van der Waals surface area contributed by atoms with Gasteiger partial charge in [0.15, 0.2) is 0 Å². The van der Waals surface area contributed by atoms with Crippen molar-refractivity contribution in [3.05, 3.63) is 0 Å². The van der Waals surface area contributed by atoms with Crippen LogP contribution >= 0.6 is 21.6 Å². The fourth-order valence-electron chi connectivity index (χ4n) is 0.958. The zero-order valence-electron chi connectivity index (χ0n) is 6.54. The number of hydrogen-bond acceptors (Lipinski definition) is 4. The van der Waals surface area contributed by atoms with Gasteiger partial charge < -0.3 is 4.74 Å². The Morgan fingerprint density at radius 3 is 3.09 bits per heavy atom. The van der Waals surface area contributed by atoms with Gasteiger partial charge in [0.05, 0.1) is 7.11 Å². The summed E-state index contributed by atoms with van der Waals surface area (Å²) in [5.74, 6) is 1.10. The van der Waals surface area contributed by atoms with Crippen LogP contribution < -0.4 is 0 Å². The molecule has 1 atom stereocenters. The summed E-state index contributed by atoms with van der Waals surface area (Å²) in [7, 11) is 4.90. The highest BCUT2D eigenvalue weighted by Crippen LogP contribution is 2.34. The number of rotatable bonds is 1. The quantitative estimate of drug-likeness (QED) is 0.469. The van der Waals surface area contributed by atoms with E-state index in [1.165, 1.54) is 13.5 Å². The van der Waals surface area contributed by atoms with E-state index in [0.717, 1.165) is 18.6 Å². The molecule has 1 saturated heterocycles. The smallest absolute Gasteiger partial charge is 0.319 e. The number of ether oxygens (including phenoxy) is 1. The van der Waals surface area contributed by atoms with E-state index < -0.39 is 0 Å². The Morgan fingerprint density at radius 2 is 2.36 bits per heavy atom. The van der Waals surface area contributed by atoms with E-state index in [2.05, 4.69) is 4.74 Å². The van der Waals surface area contributed by atoms with E-state index in [-0.39, 0.29) is 11.2 Å². The summed E-state index contributed by atoms with van der Waals surface area (Å²) in [6.07, 6.45) is 3.36. The van der Waals surface area contributed by atoms with Crippen molar-refractivity contribution in [1.29, 1.82) is 0 Å². The van der Waals surface area contributed by atoms with Gasteiger partial charge in [0.2, 0.25) is 0 Å². The number of hydrogen-bond donors (Lipinski definition) is 0. The van der Waals surface area contributed by atoms with Gasteiger partial charge in [-0.05, 0) is 12.8 Å². The van der Waals surface area contributed by atoms with Crippen LogP contribution in [0.4, 0.5) is 0 Å². The largest absolute Gasteiger partial charge is 0.468 e. The van der Waals surface area contributed by atoms with Crippen LogP contribution in [-0.4, -0.2) is 24.1 Å². The fourth-order valence-corrected chi connectivity index (χ4v) is 3.64. The zero-order valence-corrected chi connectivity index (χ0v) is 8.17. The van der Waals surface area contributed by atoms with Gasteiger partial charge in [-0.25, -0.2) is 0 Å². The summed E-state index contributed by atoms with van der Waals surface area (Å²) < 4.78 is 4.67. The molecule has 1 rings (SSSR count). The van der Waals surface area contributed by atoms with Crippen LogP contribution in [0.3, 0.4) is 0 Å². The molecule has 0 N–H and O–H groups in total. The maximum atomic E-state index is 11.1. The van der Waals surface area contributed by atoms with Crippen LogP contribution in [0.15, 0.2) is 0 Å². The Bertz CT molecular complexity index is 130. The van der Waals surface area contributed by atoms with Gasteiger partial charge in [-0.2, -0.15) is 0 Å². The maximum Gasteiger partial charge on any atom is 0.319 e. The molecule has 2 nitrogen and oxygen atoms in total. The maximum absolute atomic E-state index is 11.1. The van der Waals surface area contributed by atoms with Gasteiger partial charge in [0, 0.05) is 5.75 Å². The third-order valence-electron chi connectivity index (χ3n) is 1.59. The SMILES string of the molecule is COC(=O)C1CCCCSS1. The van der Waals surface area contributed by atoms with Crippen molar-refractivity contribution < 1.29 is 9.53 Å². The van der Waals surface area contributed by atoms with Crippen LogP contribution in [0.2, 0.25) is 0 Å². The van der Waals surface area contributed by atoms with Gasteiger partial charge in [-0.15, -0.1) is 0 Å². The molecule has 11 heavy (non-hydrogen) atoms. The van der Waals surface area contributed by atoms with Crippen molar-refractivity contribution >= 4 is 27.6 Å². The predicted octanol–water partition coefficient (Wildman–Crippen LogP) is 2.09. The monoisotopic (exact) mass is 192 g/mol.